The van der Waals surface area contributed by atoms with Gasteiger partial charge in [-0.2, -0.15) is 5.10 Å². The quantitative estimate of drug-likeness (QED) is 0.337. The van der Waals surface area contributed by atoms with E-state index in [-0.39, 0.29) is 24.4 Å². The van der Waals surface area contributed by atoms with Crippen LogP contribution >= 0.6 is 0 Å². The molecule has 3 aromatic heterocycles. The van der Waals surface area contributed by atoms with Crippen LogP contribution in [0.2, 0.25) is 0 Å². The number of aryl methyl sites for hydroxylation is 1. The number of aromatic nitrogens is 4. The predicted octanol–water partition coefficient (Wildman–Crippen LogP) is 5.47. The predicted molar refractivity (Wildman–Crippen MR) is 151 cm³/mol. The maximum absolute atomic E-state index is 13.5. The van der Waals surface area contributed by atoms with Gasteiger partial charge >= 0.3 is 0 Å². The first-order valence-corrected chi connectivity index (χ1v) is 12.7. The normalized spacial score (nSPS) is 13.9. The molecular formula is C29H34F2N6O3. The number of benzene rings is 1. The number of amides is 1. The van der Waals surface area contributed by atoms with E-state index in [4.69, 9.17) is 9.59 Å². The highest BCUT2D eigenvalue weighted by atomic mass is 19.3. The van der Waals surface area contributed by atoms with E-state index in [1.54, 1.807) is 24.7 Å². The number of nitrogens with zero attached hydrogens (tertiary/aromatic N) is 4. The Kier molecular flexibility index (Phi) is 12.2. The molecule has 0 unspecified atom stereocenters. The summed E-state index contributed by atoms with van der Waals surface area (Å²) in [5.74, 6) is -2.89. The Balaban J connectivity index is 0.000000876. The fourth-order valence-corrected chi connectivity index (χ4v) is 4.13. The minimum atomic E-state index is -2.56. The third-order valence-corrected chi connectivity index (χ3v) is 6.07. The van der Waals surface area contributed by atoms with Crippen LogP contribution in [-0.4, -0.2) is 63.6 Å². The number of fused-ring (bicyclic) bond motifs is 1. The Labute approximate surface area is 232 Å². The van der Waals surface area contributed by atoms with Crippen molar-refractivity contribution in [2.75, 3.05) is 18.4 Å². The molecule has 0 bridgehead atoms. The third kappa shape index (κ3) is 8.31. The second-order valence-electron chi connectivity index (χ2n) is 8.69. The summed E-state index contributed by atoms with van der Waals surface area (Å²) >= 11 is 0. The van der Waals surface area contributed by atoms with Gasteiger partial charge in [-0.05, 0) is 48.4 Å². The molecule has 4 heterocycles. The fourth-order valence-electron chi connectivity index (χ4n) is 4.13. The highest BCUT2D eigenvalue weighted by molar-refractivity contribution is 6.11. The van der Waals surface area contributed by atoms with Gasteiger partial charge in [-0.15, -0.1) is 0 Å². The van der Waals surface area contributed by atoms with Crippen molar-refractivity contribution in [2.24, 2.45) is 0 Å². The van der Waals surface area contributed by atoms with Gasteiger partial charge in [-0.25, -0.2) is 8.78 Å². The van der Waals surface area contributed by atoms with Crippen molar-refractivity contribution >= 4 is 36.1 Å². The summed E-state index contributed by atoms with van der Waals surface area (Å²) in [6.45, 7) is 11.2. The van der Waals surface area contributed by atoms with E-state index in [9.17, 15) is 13.6 Å². The van der Waals surface area contributed by atoms with Crippen molar-refractivity contribution in [3.8, 4) is 11.1 Å². The van der Waals surface area contributed by atoms with Gasteiger partial charge in [0.05, 0.1) is 17.4 Å². The van der Waals surface area contributed by atoms with Gasteiger partial charge in [0.25, 0.3) is 11.8 Å². The highest BCUT2D eigenvalue weighted by Crippen LogP contribution is 2.29. The van der Waals surface area contributed by atoms with Crippen LogP contribution in [-0.2, 0) is 16.1 Å². The van der Waals surface area contributed by atoms with E-state index in [0.717, 1.165) is 27.9 Å². The largest absolute Gasteiger partial charge is 0.319 e. The van der Waals surface area contributed by atoms with Gasteiger partial charge in [0.15, 0.2) is 5.69 Å². The molecule has 0 saturated carbocycles. The fraction of sp³-hybridized carbons (Fsp3) is 0.310. The molecule has 0 spiro atoms. The molecule has 0 radical (unpaired) electrons. The van der Waals surface area contributed by atoms with E-state index < -0.39 is 5.92 Å². The Morgan fingerprint density at radius 1 is 1.00 bits per heavy atom. The lowest BCUT2D eigenvalue weighted by Crippen LogP contribution is -2.38. The van der Waals surface area contributed by atoms with Crippen LogP contribution < -0.4 is 5.32 Å². The smallest absolute Gasteiger partial charge is 0.276 e. The van der Waals surface area contributed by atoms with Crippen LogP contribution in [0.5, 0.6) is 0 Å². The molecule has 0 aliphatic carbocycles. The monoisotopic (exact) mass is 552 g/mol. The highest BCUT2D eigenvalue weighted by Gasteiger charge is 2.33. The van der Waals surface area contributed by atoms with Gasteiger partial charge in [-0.3, -0.25) is 24.8 Å². The summed E-state index contributed by atoms with van der Waals surface area (Å²) in [4.78, 5) is 39.4. The first-order valence-electron chi connectivity index (χ1n) is 12.7. The molecule has 4 aromatic rings. The number of aromatic amines is 1. The number of rotatable bonds is 5. The topological polar surface area (TPSA) is 121 Å². The SMILES string of the molecule is C=O.C=O.CC.Cc1ccc(NC(=O)c2n[nH]c3ccc(-c4cncc(CN5CCC(F)(F)CC5)c4)cc23)cn1. The van der Waals surface area contributed by atoms with E-state index >= 15 is 0 Å². The summed E-state index contributed by atoms with van der Waals surface area (Å²) in [6.07, 6.45) is 4.91. The standard InChI is InChI=1S/C25H24F2N6O.C2H6.2CH2O/c1-16-2-4-20(14-29-16)30-24(34)23-21-11-18(3-5-22(21)31-32-23)19-10-17(12-28-13-19)15-33-8-6-25(26,27)7-9-33;3*1-2/h2-5,10-14H,6-9,15H2,1H3,(H,30,34)(H,31,32);1-2H3;2*1H2. The first-order chi connectivity index (χ1) is 19.4. The molecule has 9 nitrogen and oxygen atoms in total. The number of nitrogens with one attached hydrogen (secondary N) is 2. The number of likely N-dealkylation sites (tertiary alicyclic amines) is 1. The third-order valence-electron chi connectivity index (χ3n) is 6.07. The summed E-state index contributed by atoms with van der Waals surface area (Å²) in [6, 6.07) is 11.4. The lowest BCUT2D eigenvalue weighted by Gasteiger charge is -2.31. The number of alkyl halides is 2. The lowest BCUT2D eigenvalue weighted by molar-refractivity contribution is -0.0987. The zero-order valence-corrected chi connectivity index (χ0v) is 22.9. The molecule has 2 N–H and O–H groups in total. The molecule has 1 amide bonds. The molecule has 212 valence electrons. The van der Waals surface area contributed by atoms with Gasteiger partial charge < -0.3 is 14.9 Å². The number of piperidine rings is 1. The molecule has 0 atom stereocenters. The first kappa shape index (κ1) is 31.8. The number of halogens is 2. The van der Waals surface area contributed by atoms with E-state index in [2.05, 4.69) is 25.5 Å². The number of anilines is 1. The van der Waals surface area contributed by atoms with Gasteiger partial charge in [0.1, 0.15) is 13.6 Å². The average molecular weight is 553 g/mol. The molecule has 1 aliphatic heterocycles. The second kappa shape index (κ2) is 15.3. The van der Waals surface area contributed by atoms with Crippen LogP contribution in [0.3, 0.4) is 0 Å². The minimum absolute atomic E-state index is 0.110. The van der Waals surface area contributed by atoms with E-state index in [0.29, 0.717) is 30.7 Å². The number of carbonyl (C=O) groups is 3. The van der Waals surface area contributed by atoms with Crippen molar-refractivity contribution in [1.29, 1.82) is 0 Å². The summed E-state index contributed by atoms with van der Waals surface area (Å²) < 4.78 is 26.9. The Hall–Kier alpha value is -4.38. The molecule has 40 heavy (non-hydrogen) atoms. The zero-order valence-electron chi connectivity index (χ0n) is 22.9. The van der Waals surface area contributed by atoms with Crippen molar-refractivity contribution in [3.63, 3.8) is 0 Å². The lowest BCUT2D eigenvalue weighted by atomic mass is 10.0. The van der Waals surface area contributed by atoms with Crippen molar-refractivity contribution < 1.29 is 23.2 Å². The zero-order chi connectivity index (χ0) is 29.7. The Morgan fingerprint density at radius 3 is 2.35 bits per heavy atom. The second-order valence-corrected chi connectivity index (χ2v) is 8.69. The number of carbonyl (C=O) groups excluding carboxylic acids is 3. The van der Waals surface area contributed by atoms with Crippen LogP contribution in [0, 0.1) is 6.92 Å². The molecule has 1 aromatic carbocycles. The van der Waals surface area contributed by atoms with Crippen molar-refractivity contribution in [2.45, 2.75) is 46.1 Å². The van der Waals surface area contributed by atoms with Crippen LogP contribution in [0.1, 0.15) is 48.4 Å². The molecule has 1 fully saturated rings. The molecule has 1 aliphatic rings. The van der Waals surface area contributed by atoms with Crippen LogP contribution in [0.25, 0.3) is 22.0 Å². The Morgan fingerprint density at radius 2 is 1.70 bits per heavy atom. The summed E-state index contributed by atoms with van der Waals surface area (Å²) in [5.41, 5.74) is 5.22. The van der Waals surface area contributed by atoms with Crippen molar-refractivity contribution in [1.82, 2.24) is 25.1 Å². The minimum Gasteiger partial charge on any atom is -0.319 e. The Bertz CT molecular complexity index is 1370. The average Bonchev–Trinajstić information content (AvgIpc) is 3.42. The maximum Gasteiger partial charge on any atom is 0.276 e. The summed E-state index contributed by atoms with van der Waals surface area (Å²) in [5, 5.41) is 10.6. The van der Waals surface area contributed by atoms with Crippen molar-refractivity contribution in [3.05, 3.63) is 71.9 Å². The number of hydrogen-bond acceptors (Lipinski definition) is 7. The number of H-pyrrole nitrogens is 1. The van der Waals surface area contributed by atoms with E-state index in [1.807, 2.05) is 69.6 Å². The number of hydrogen-bond donors (Lipinski definition) is 2. The molecule has 5 rings (SSSR count). The van der Waals surface area contributed by atoms with Gasteiger partial charge in [0, 0.05) is 61.5 Å². The number of pyridine rings is 2. The van der Waals surface area contributed by atoms with Crippen LogP contribution in [0.4, 0.5) is 14.5 Å². The van der Waals surface area contributed by atoms with Gasteiger partial charge in [-0.1, -0.05) is 19.9 Å². The molecule has 11 heteroatoms. The summed E-state index contributed by atoms with van der Waals surface area (Å²) in [7, 11) is 0. The molecule has 1 saturated heterocycles. The van der Waals surface area contributed by atoms with Gasteiger partial charge in [0.2, 0.25) is 0 Å². The molecular weight excluding hydrogens is 518 g/mol. The maximum atomic E-state index is 13.5. The van der Waals surface area contributed by atoms with Crippen LogP contribution in [0.15, 0.2) is 55.0 Å². The van der Waals surface area contributed by atoms with E-state index in [1.165, 1.54) is 0 Å².